The number of para-hydroxylation sites is 2. The van der Waals surface area contributed by atoms with Crippen molar-refractivity contribution in [3.05, 3.63) is 68.1 Å². The average Bonchev–Trinajstić information content (AvgIpc) is 2.90. The van der Waals surface area contributed by atoms with Gasteiger partial charge in [0.2, 0.25) is 0 Å². The molecule has 0 bridgehead atoms. The zero-order valence-electron chi connectivity index (χ0n) is 13.3. The molecule has 1 heterocycles. The van der Waals surface area contributed by atoms with Crippen LogP contribution < -0.4 is 9.64 Å². The molecule has 0 spiro atoms. The second-order valence-corrected chi connectivity index (χ2v) is 7.23. The van der Waals surface area contributed by atoms with Crippen LogP contribution in [0.1, 0.15) is 5.56 Å². The molecule has 1 amide bonds. The van der Waals surface area contributed by atoms with Gasteiger partial charge in [0.15, 0.2) is 4.32 Å². The van der Waals surface area contributed by atoms with Gasteiger partial charge in [0.25, 0.3) is 11.6 Å². The van der Waals surface area contributed by atoms with E-state index in [0.29, 0.717) is 31.2 Å². The zero-order valence-corrected chi connectivity index (χ0v) is 15.7. The SMILES string of the molecule is COc1ccccc1N1C(=O)C(=Cc2cc([N+](=O)[O-])ccc2Cl)SC1=S. The minimum Gasteiger partial charge on any atom is -0.495 e. The summed E-state index contributed by atoms with van der Waals surface area (Å²) < 4.78 is 5.63. The highest BCUT2D eigenvalue weighted by atomic mass is 35.5. The Labute approximate surface area is 163 Å². The van der Waals surface area contributed by atoms with Gasteiger partial charge >= 0.3 is 0 Å². The van der Waals surface area contributed by atoms with Gasteiger partial charge in [0, 0.05) is 22.7 Å². The molecule has 6 nitrogen and oxygen atoms in total. The fourth-order valence-corrected chi connectivity index (χ4v) is 3.83. The number of anilines is 1. The second kappa shape index (κ2) is 7.45. The molecule has 26 heavy (non-hydrogen) atoms. The highest BCUT2D eigenvalue weighted by Gasteiger charge is 2.35. The monoisotopic (exact) mass is 406 g/mol. The summed E-state index contributed by atoms with van der Waals surface area (Å²) >= 11 is 12.5. The van der Waals surface area contributed by atoms with Crippen LogP contribution in [0.4, 0.5) is 11.4 Å². The Morgan fingerprint density at radius 3 is 2.73 bits per heavy atom. The summed E-state index contributed by atoms with van der Waals surface area (Å²) in [5.74, 6) is 0.172. The standard InChI is InChI=1S/C17H11ClN2O4S2/c1-24-14-5-3-2-4-13(14)19-16(21)15(26-17(19)25)9-10-8-11(20(22)23)6-7-12(10)18/h2-9H,1H3. The lowest BCUT2D eigenvalue weighted by Gasteiger charge is -2.17. The number of non-ortho nitro benzene ring substituents is 1. The Bertz CT molecular complexity index is 962. The maximum absolute atomic E-state index is 12.8. The Kier molecular flexibility index (Phi) is 5.26. The summed E-state index contributed by atoms with van der Waals surface area (Å²) in [4.78, 5) is 25.0. The first-order valence-corrected chi connectivity index (χ1v) is 8.87. The number of benzene rings is 2. The number of ether oxygens (including phenoxy) is 1. The lowest BCUT2D eigenvalue weighted by atomic mass is 10.2. The molecule has 2 aromatic carbocycles. The van der Waals surface area contributed by atoms with E-state index in [-0.39, 0.29) is 11.6 Å². The number of thioether (sulfide) groups is 1. The van der Waals surface area contributed by atoms with Gasteiger partial charge in [-0.3, -0.25) is 19.8 Å². The Morgan fingerprint density at radius 2 is 2.04 bits per heavy atom. The maximum atomic E-state index is 12.8. The van der Waals surface area contributed by atoms with E-state index >= 15 is 0 Å². The van der Waals surface area contributed by atoms with E-state index in [2.05, 4.69) is 0 Å². The van der Waals surface area contributed by atoms with Gasteiger partial charge in [-0.25, -0.2) is 0 Å². The molecule has 0 saturated carbocycles. The van der Waals surface area contributed by atoms with E-state index in [1.54, 1.807) is 24.3 Å². The van der Waals surface area contributed by atoms with Gasteiger partial charge in [-0.05, 0) is 24.3 Å². The van der Waals surface area contributed by atoms with Crippen molar-refractivity contribution in [2.75, 3.05) is 12.0 Å². The van der Waals surface area contributed by atoms with Crippen molar-refractivity contribution in [2.45, 2.75) is 0 Å². The molecule has 0 aromatic heterocycles. The van der Waals surface area contributed by atoms with Crippen LogP contribution in [0.3, 0.4) is 0 Å². The van der Waals surface area contributed by atoms with E-state index in [0.717, 1.165) is 11.8 Å². The number of rotatable bonds is 4. The molecule has 0 aliphatic carbocycles. The Balaban J connectivity index is 2.01. The Hall–Kier alpha value is -2.42. The van der Waals surface area contributed by atoms with Gasteiger partial charge in [0.05, 0.1) is 22.6 Å². The fraction of sp³-hybridized carbons (Fsp3) is 0.0588. The van der Waals surface area contributed by atoms with Crippen LogP contribution >= 0.6 is 35.6 Å². The molecule has 0 radical (unpaired) electrons. The fourth-order valence-electron chi connectivity index (χ4n) is 2.39. The third kappa shape index (κ3) is 3.44. The second-order valence-electron chi connectivity index (χ2n) is 5.15. The van der Waals surface area contributed by atoms with Gasteiger partial charge in [-0.2, -0.15) is 0 Å². The van der Waals surface area contributed by atoms with Gasteiger partial charge < -0.3 is 4.74 Å². The quantitative estimate of drug-likeness (QED) is 0.318. The van der Waals surface area contributed by atoms with Crippen molar-refractivity contribution in [3.8, 4) is 5.75 Å². The highest BCUT2D eigenvalue weighted by molar-refractivity contribution is 8.27. The summed E-state index contributed by atoms with van der Waals surface area (Å²) in [6.45, 7) is 0. The molecule has 1 fully saturated rings. The highest BCUT2D eigenvalue weighted by Crippen LogP contribution is 2.40. The number of nitrogens with zero attached hydrogens (tertiary/aromatic N) is 2. The lowest BCUT2D eigenvalue weighted by molar-refractivity contribution is -0.384. The van der Waals surface area contributed by atoms with Crippen molar-refractivity contribution >= 4 is 63.3 Å². The van der Waals surface area contributed by atoms with Gasteiger partial charge in [-0.15, -0.1) is 0 Å². The van der Waals surface area contributed by atoms with E-state index in [4.69, 9.17) is 28.6 Å². The smallest absolute Gasteiger partial charge is 0.270 e. The number of nitro benzene ring substituents is 1. The van der Waals surface area contributed by atoms with Crippen molar-refractivity contribution in [2.24, 2.45) is 0 Å². The zero-order chi connectivity index (χ0) is 18.8. The number of carbonyl (C=O) groups is 1. The van der Waals surface area contributed by atoms with Gasteiger partial charge in [0.1, 0.15) is 5.75 Å². The van der Waals surface area contributed by atoms with Crippen LogP contribution in [0.15, 0.2) is 47.4 Å². The predicted molar refractivity (Wildman–Crippen MR) is 107 cm³/mol. The minimum absolute atomic E-state index is 0.110. The molecule has 3 rings (SSSR count). The average molecular weight is 407 g/mol. The summed E-state index contributed by atoms with van der Waals surface area (Å²) in [5, 5.41) is 11.3. The van der Waals surface area contributed by atoms with E-state index in [1.165, 1.54) is 36.3 Å². The molecule has 1 aliphatic rings. The summed E-state index contributed by atoms with van der Waals surface area (Å²) in [6.07, 6.45) is 1.50. The number of hydrogen-bond acceptors (Lipinski definition) is 6. The molecule has 1 saturated heterocycles. The predicted octanol–water partition coefficient (Wildman–Crippen LogP) is 4.66. The molecule has 0 unspecified atom stereocenters. The van der Waals surface area contributed by atoms with Crippen LogP contribution in [0, 0.1) is 10.1 Å². The third-order valence-electron chi connectivity index (χ3n) is 3.60. The van der Waals surface area contributed by atoms with Crippen LogP contribution in [0.25, 0.3) is 6.08 Å². The molecular formula is C17H11ClN2O4S2. The normalized spacial score (nSPS) is 15.6. The van der Waals surface area contributed by atoms with Crippen LogP contribution in [-0.4, -0.2) is 22.3 Å². The van der Waals surface area contributed by atoms with E-state index < -0.39 is 4.92 Å². The molecule has 2 aromatic rings. The third-order valence-corrected chi connectivity index (χ3v) is 5.24. The van der Waals surface area contributed by atoms with E-state index in [1.807, 2.05) is 0 Å². The number of amides is 1. The van der Waals surface area contributed by atoms with Crippen molar-refractivity contribution < 1.29 is 14.5 Å². The molecule has 132 valence electrons. The van der Waals surface area contributed by atoms with Crippen molar-refractivity contribution in [3.63, 3.8) is 0 Å². The first-order valence-electron chi connectivity index (χ1n) is 7.27. The van der Waals surface area contributed by atoms with E-state index in [9.17, 15) is 14.9 Å². The number of halogens is 1. The molecule has 9 heteroatoms. The van der Waals surface area contributed by atoms with Crippen LogP contribution in [-0.2, 0) is 4.79 Å². The first kappa shape index (κ1) is 18.4. The van der Waals surface area contributed by atoms with Crippen molar-refractivity contribution in [1.29, 1.82) is 0 Å². The summed E-state index contributed by atoms with van der Waals surface area (Å²) in [7, 11) is 1.51. The summed E-state index contributed by atoms with van der Waals surface area (Å²) in [6, 6.07) is 11.1. The molecule has 1 aliphatic heterocycles. The maximum Gasteiger partial charge on any atom is 0.270 e. The first-order chi connectivity index (χ1) is 12.4. The van der Waals surface area contributed by atoms with Gasteiger partial charge in [-0.1, -0.05) is 47.7 Å². The largest absolute Gasteiger partial charge is 0.495 e. The summed E-state index contributed by atoms with van der Waals surface area (Å²) in [5.41, 5.74) is 0.799. The number of carbonyl (C=O) groups excluding carboxylic acids is 1. The number of hydrogen-bond donors (Lipinski definition) is 0. The number of nitro groups is 1. The molecular weight excluding hydrogens is 396 g/mol. The van der Waals surface area contributed by atoms with Crippen LogP contribution in [0.5, 0.6) is 5.75 Å². The van der Waals surface area contributed by atoms with Crippen molar-refractivity contribution in [1.82, 2.24) is 0 Å². The minimum atomic E-state index is -0.520. The van der Waals surface area contributed by atoms with Crippen LogP contribution in [0.2, 0.25) is 5.02 Å². The number of methoxy groups -OCH3 is 1. The Morgan fingerprint density at radius 1 is 1.31 bits per heavy atom. The molecule has 0 atom stereocenters. The number of thiocarbonyl (C=S) groups is 1. The lowest BCUT2D eigenvalue weighted by Crippen LogP contribution is -2.27. The molecule has 0 N–H and O–H groups in total. The topological polar surface area (TPSA) is 72.7 Å².